The lowest BCUT2D eigenvalue weighted by Gasteiger charge is -2.34. The number of nitrogens with one attached hydrogen (secondary N) is 6. The van der Waals surface area contributed by atoms with E-state index in [-0.39, 0.29) is 51.1 Å². The predicted molar refractivity (Wildman–Crippen MR) is 384 cm³/mol. The van der Waals surface area contributed by atoms with Gasteiger partial charge in [-0.15, -0.1) is 0 Å². The summed E-state index contributed by atoms with van der Waals surface area (Å²) >= 11 is 0. The molecule has 10 N–H and O–H groups in total. The molecular formula is C74H146N10O10. The molecule has 0 aromatic heterocycles. The van der Waals surface area contributed by atoms with Gasteiger partial charge in [-0.25, -0.2) is 0 Å². The second-order valence-electron chi connectivity index (χ2n) is 27.4. The predicted octanol–water partition coefficient (Wildman–Crippen LogP) is 9.81. The van der Waals surface area contributed by atoms with E-state index in [0.29, 0.717) is 52.1 Å². The monoisotopic (exact) mass is 1340 g/mol. The van der Waals surface area contributed by atoms with Crippen LogP contribution in [0.3, 0.4) is 0 Å². The minimum Gasteiger partial charge on any atom is -0.382 e. The van der Waals surface area contributed by atoms with E-state index in [4.69, 9.17) is 0 Å². The van der Waals surface area contributed by atoms with E-state index >= 15 is 0 Å². The van der Waals surface area contributed by atoms with Crippen LogP contribution in [0.5, 0.6) is 0 Å². The van der Waals surface area contributed by atoms with Crippen molar-refractivity contribution < 1.29 is 49.2 Å². The minimum absolute atomic E-state index is 0.203. The van der Waals surface area contributed by atoms with Crippen molar-refractivity contribution in [2.45, 2.75) is 322 Å². The first-order valence-corrected chi connectivity index (χ1v) is 39.0. The molecule has 0 spiro atoms. The van der Waals surface area contributed by atoms with E-state index in [1.165, 1.54) is 190 Å². The molecule has 1 heterocycles. The number of hydrogen-bond donors (Lipinski definition) is 10. The van der Waals surface area contributed by atoms with E-state index in [0.717, 1.165) is 116 Å². The van der Waals surface area contributed by atoms with Gasteiger partial charge in [-0.05, 0) is 51.6 Å². The van der Waals surface area contributed by atoms with Gasteiger partial charge in [0.2, 0.25) is 35.4 Å². The number of carbonyl (C=O) groups excluding carboxylic acids is 6. The van der Waals surface area contributed by atoms with Crippen LogP contribution in [0, 0.1) is 0 Å². The van der Waals surface area contributed by atoms with Gasteiger partial charge >= 0.3 is 0 Å². The molecule has 20 nitrogen and oxygen atoms in total. The zero-order chi connectivity index (χ0) is 68.8. The second kappa shape index (κ2) is 64.2. The zero-order valence-electron chi connectivity index (χ0n) is 60.8. The van der Waals surface area contributed by atoms with E-state index in [1.807, 2.05) is 0 Å². The van der Waals surface area contributed by atoms with E-state index in [9.17, 15) is 49.2 Å². The number of aliphatic hydroxyl groups is 4. The minimum atomic E-state index is -1.45. The van der Waals surface area contributed by atoms with Crippen molar-refractivity contribution >= 4 is 35.4 Å². The Balaban J connectivity index is 2.64. The molecule has 6 amide bonds. The Labute approximate surface area is 573 Å². The van der Waals surface area contributed by atoms with Crippen molar-refractivity contribution in [1.29, 1.82) is 0 Å². The van der Waals surface area contributed by atoms with E-state index in [1.54, 1.807) is 0 Å². The van der Waals surface area contributed by atoms with Crippen LogP contribution in [-0.4, -0.2) is 218 Å². The fourth-order valence-electron chi connectivity index (χ4n) is 12.3. The van der Waals surface area contributed by atoms with Crippen molar-refractivity contribution in [3.63, 3.8) is 0 Å². The molecule has 1 rings (SSSR count). The van der Waals surface area contributed by atoms with Gasteiger partial charge in [-0.3, -0.25) is 38.6 Å². The molecule has 1 aliphatic heterocycles. The zero-order valence-corrected chi connectivity index (χ0v) is 60.8. The van der Waals surface area contributed by atoms with Crippen LogP contribution in [0.25, 0.3) is 0 Å². The fourth-order valence-corrected chi connectivity index (χ4v) is 12.3. The highest BCUT2D eigenvalue weighted by molar-refractivity contribution is 5.83. The lowest BCUT2D eigenvalue weighted by Crippen LogP contribution is -2.51. The maximum absolute atomic E-state index is 13.3. The maximum Gasteiger partial charge on any atom is 0.250 e. The third-order valence-electron chi connectivity index (χ3n) is 18.4. The van der Waals surface area contributed by atoms with Crippen molar-refractivity contribution in [3.05, 3.63) is 0 Å². The highest BCUT2D eigenvalue weighted by Gasteiger charge is 2.28. The van der Waals surface area contributed by atoms with Crippen LogP contribution in [0.15, 0.2) is 0 Å². The molecule has 1 saturated heterocycles. The Bertz CT molecular complexity index is 1600. The molecule has 0 aromatic rings. The van der Waals surface area contributed by atoms with Gasteiger partial charge in [0, 0.05) is 91.6 Å². The quantitative estimate of drug-likeness (QED) is 0.0254. The maximum atomic E-state index is 13.3. The van der Waals surface area contributed by atoms with Gasteiger partial charge in [0.1, 0.15) is 24.4 Å². The summed E-state index contributed by atoms with van der Waals surface area (Å²) in [5, 5.41) is 61.1. The molecule has 0 aromatic carbocycles. The Morgan fingerprint density at radius 1 is 0.277 bits per heavy atom. The highest BCUT2D eigenvalue weighted by Crippen LogP contribution is 2.15. The van der Waals surface area contributed by atoms with Crippen molar-refractivity contribution in [2.24, 2.45) is 0 Å². The average molecular weight is 1340 g/mol. The molecule has 0 aliphatic carbocycles. The first-order valence-electron chi connectivity index (χ1n) is 39.0. The van der Waals surface area contributed by atoms with Gasteiger partial charge in [0.25, 0.3) is 0 Å². The number of nitrogens with zero attached hydrogens (tertiary/aromatic N) is 4. The van der Waals surface area contributed by atoms with Crippen LogP contribution < -0.4 is 31.9 Å². The SMILES string of the molecule is CCCCCCCCCCCCNC(=O)C(O)CN(CC(=O)NCCCN1CCN(CCCNC(=O)CN(CC(O)C(=O)NCCCCCCCCCCCC)CC(O)C(=O)NCCCCCCCCCCCC)CC1)CC(O)C(=O)NCCCCCCCCCCCC. The van der Waals surface area contributed by atoms with E-state index in [2.05, 4.69) is 69.4 Å². The summed E-state index contributed by atoms with van der Waals surface area (Å²) in [6, 6.07) is 0. The fraction of sp³-hybridized carbons (Fsp3) is 0.919. The van der Waals surface area contributed by atoms with Crippen LogP contribution >= 0.6 is 0 Å². The smallest absolute Gasteiger partial charge is 0.250 e. The number of aliphatic hydroxyl groups excluding tert-OH is 4. The summed E-state index contributed by atoms with van der Waals surface area (Å²) < 4.78 is 0. The van der Waals surface area contributed by atoms with Crippen molar-refractivity contribution in [1.82, 2.24) is 51.5 Å². The molecular weight excluding hydrogens is 1190 g/mol. The van der Waals surface area contributed by atoms with Crippen molar-refractivity contribution in [3.8, 4) is 0 Å². The van der Waals surface area contributed by atoms with Gasteiger partial charge < -0.3 is 62.1 Å². The average Bonchev–Trinajstić information content (AvgIpc) is 1.61. The largest absolute Gasteiger partial charge is 0.382 e. The topological polar surface area (TPSA) is 268 Å². The third kappa shape index (κ3) is 53.5. The lowest BCUT2D eigenvalue weighted by atomic mass is 10.1. The number of amides is 6. The highest BCUT2D eigenvalue weighted by atomic mass is 16.3. The molecule has 4 atom stereocenters. The summed E-state index contributed by atoms with van der Waals surface area (Å²) in [6.07, 6.45) is 42.5. The first kappa shape index (κ1) is 88.5. The van der Waals surface area contributed by atoms with Crippen LogP contribution in [0.2, 0.25) is 0 Å². The molecule has 20 heteroatoms. The molecule has 552 valence electrons. The molecule has 0 saturated carbocycles. The summed E-state index contributed by atoms with van der Waals surface area (Å²) in [6.45, 7) is 15.1. The number of piperazine rings is 1. The third-order valence-corrected chi connectivity index (χ3v) is 18.4. The Kier molecular flexibility index (Phi) is 60.4. The molecule has 0 bridgehead atoms. The first-order chi connectivity index (χ1) is 45.7. The van der Waals surface area contributed by atoms with Gasteiger partial charge in [0.05, 0.1) is 13.1 Å². The molecule has 4 unspecified atom stereocenters. The number of hydrogen-bond acceptors (Lipinski definition) is 14. The lowest BCUT2D eigenvalue weighted by molar-refractivity contribution is -0.134. The summed E-state index contributed by atoms with van der Waals surface area (Å²) in [5.74, 6) is -2.81. The number of rotatable bonds is 68. The summed E-state index contributed by atoms with van der Waals surface area (Å²) in [5.41, 5.74) is 0. The second-order valence-corrected chi connectivity index (χ2v) is 27.4. The summed E-state index contributed by atoms with van der Waals surface area (Å²) in [4.78, 5) is 86.4. The molecule has 1 fully saturated rings. The Morgan fingerprint density at radius 2 is 0.457 bits per heavy atom. The van der Waals surface area contributed by atoms with Crippen LogP contribution in [0.1, 0.15) is 297 Å². The van der Waals surface area contributed by atoms with Gasteiger partial charge in [0.15, 0.2) is 0 Å². The van der Waals surface area contributed by atoms with Gasteiger partial charge in [-0.1, -0.05) is 259 Å². The van der Waals surface area contributed by atoms with Crippen LogP contribution in [-0.2, 0) is 28.8 Å². The summed E-state index contributed by atoms with van der Waals surface area (Å²) in [7, 11) is 0. The van der Waals surface area contributed by atoms with Crippen LogP contribution in [0.4, 0.5) is 0 Å². The Morgan fingerprint density at radius 3 is 0.660 bits per heavy atom. The Hall–Kier alpha value is -3.50. The normalized spacial score (nSPS) is 14.2. The molecule has 94 heavy (non-hydrogen) atoms. The van der Waals surface area contributed by atoms with Gasteiger partial charge in [-0.2, -0.15) is 0 Å². The molecule has 1 aliphatic rings. The standard InChI is InChI=1S/C74H146N10O10/c1-5-9-13-17-21-25-29-33-37-41-47-77-71(91)65(85)59-83(60-66(86)72(92)78-48-42-38-34-30-26-22-18-14-10-6-2)63-69(89)75-51-45-53-81-55-57-82(58-56-81)54-46-52-76-70(90)64-84(61-67(87)73(93)79-49-43-39-35-31-27-23-19-15-11-7-3)62-68(88)74(94)80-50-44-40-36-32-28-24-20-16-12-8-4/h65-68,85-88H,5-64H2,1-4H3,(H,75,89)(H,76,90)(H,77,91)(H,78,92)(H,79,93)(H,80,94). The molecule has 0 radical (unpaired) electrons. The number of carbonyl (C=O) groups is 6. The van der Waals surface area contributed by atoms with Crippen molar-refractivity contribution in [2.75, 3.05) is 118 Å². The van der Waals surface area contributed by atoms with E-state index < -0.39 is 48.0 Å². The number of unbranched alkanes of at least 4 members (excludes halogenated alkanes) is 36.